The van der Waals surface area contributed by atoms with E-state index in [2.05, 4.69) is 55.4 Å². The summed E-state index contributed by atoms with van der Waals surface area (Å²) < 4.78 is 6.55. The molecule has 0 atom stereocenters. The van der Waals surface area contributed by atoms with Gasteiger partial charge in [-0.15, -0.1) is 0 Å². The van der Waals surface area contributed by atoms with Gasteiger partial charge in [0.15, 0.2) is 8.32 Å². The quantitative estimate of drug-likeness (QED) is 0.642. The van der Waals surface area contributed by atoms with E-state index in [1.165, 1.54) is 0 Å². The molecule has 0 N–H and O–H groups in total. The van der Waals surface area contributed by atoms with Crippen molar-refractivity contribution >= 4 is 18.1 Å². The molecule has 0 spiro atoms. The molecule has 0 aliphatic carbocycles. The van der Waals surface area contributed by atoms with Crippen LogP contribution in [0.15, 0.2) is 0 Å². The lowest BCUT2D eigenvalue weighted by molar-refractivity contribution is 0.497. The third kappa shape index (κ3) is 3.72. The Kier molecular flexibility index (Phi) is 6.37. The molecule has 0 fully saturated rings. The van der Waals surface area contributed by atoms with Crippen molar-refractivity contribution in [2.24, 2.45) is 0 Å². The molecule has 0 radical (unpaired) electrons. The SMILES string of the molecule is CC(C)[SiH2]O[Si](C(C)C)(C(C)C)C(C)C. The standard InChI is InChI=1S/C12H30OSi2/c1-9(2)14-13-15(10(3)4,11(5)6)12(7)8/h9-12H,14H2,1-8H3. The minimum absolute atomic E-state index is 0.325. The van der Waals surface area contributed by atoms with Crippen LogP contribution in [-0.4, -0.2) is 18.1 Å². The molecule has 0 saturated heterocycles. The normalized spacial score (nSPS) is 14.4. The van der Waals surface area contributed by atoms with E-state index in [0.29, 0.717) is 0 Å². The Labute approximate surface area is 100 Å². The second-order valence-corrected chi connectivity index (χ2v) is 14.3. The van der Waals surface area contributed by atoms with Crippen molar-refractivity contribution in [1.82, 2.24) is 0 Å². The van der Waals surface area contributed by atoms with E-state index in [1.807, 2.05) is 0 Å². The van der Waals surface area contributed by atoms with Gasteiger partial charge < -0.3 is 4.12 Å². The zero-order chi connectivity index (χ0) is 12.2. The van der Waals surface area contributed by atoms with Crippen molar-refractivity contribution in [2.75, 3.05) is 0 Å². The summed E-state index contributed by atoms with van der Waals surface area (Å²) in [7, 11) is -1.85. The molecule has 92 valence electrons. The third-order valence-corrected chi connectivity index (χ3v) is 12.1. The van der Waals surface area contributed by atoms with Crippen molar-refractivity contribution < 1.29 is 4.12 Å². The number of hydrogen-bond donors (Lipinski definition) is 0. The lowest BCUT2D eigenvalue weighted by Crippen LogP contribution is -2.48. The molecule has 15 heavy (non-hydrogen) atoms. The highest BCUT2D eigenvalue weighted by atomic mass is 28.4. The first-order valence-electron chi connectivity index (χ1n) is 6.39. The average Bonchev–Trinajstić information content (AvgIpc) is 2.02. The van der Waals surface area contributed by atoms with Crippen LogP contribution in [0.2, 0.25) is 22.2 Å². The third-order valence-electron chi connectivity index (χ3n) is 3.37. The fourth-order valence-electron chi connectivity index (χ4n) is 2.81. The van der Waals surface area contributed by atoms with Gasteiger partial charge in [-0.1, -0.05) is 55.4 Å². The lowest BCUT2D eigenvalue weighted by Gasteiger charge is -2.43. The van der Waals surface area contributed by atoms with Gasteiger partial charge in [0.2, 0.25) is 0 Å². The van der Waals surface area contributed by atoms with E-state index in [1.54, 1.807) is 0 Å². The first-order chi connectivity index (χ1) is 6.75. The van der Waals surface area contributed by atoms with E-state index in [9.17, 15) is 0 Å². The maximum Gasteiger partial charge on any atom is 0.187 e. The number of rotatable bonds is 6. The van der Waals surface area contributed by atoms with Crippen LogP contribution in [0, 0.1) is 0 Å². The molecule has 0 aromatic carbocycles. The van der Waals surface area contributed by atoms with Gasteiger partial charge in [-0.3, -0.25) is 0 Å². The summed E-state index contributed by atoms with van der Waals surface area (Å²) in [6.45, 7) is 18.8. The first-order valence-corrected chi connectivity index (χ1v) is 9.92. The zero-order valence-corrected chi connectivity index (χ0v) is 14.3. The van der Waals surface area contributed by atoms with E-state index in [0.717, 1.165) is 22.2 Å². The summed E-state index contributed by atoms with van der Waals surface area (Å²) in [5.41, 5.74) is 3.00. The van der Waals surface area contributed by atoms with E-state index < -0.39 is 8.32 Å². The van der Waals surface area contributed by atoms with Crippen molar-refractivity contribution in [3.63, 3.8) is 0 Å². The summed E-state index contributed by atoms with van der Waals surface area (Å²) in [5, 5.41) is 0. The Balaban J connectivity index is 4.80. The molecular weight excluding hydrogens is 216 g/mol. The van der Waals surface area contributed by atoms with E-state index >= 15 is 0 Å². The monoisotopic (exact) mass is 246 g/mol. The molecule has 3 heteroatoms. The molecule has 1 nitrogen and oxygen atoms in total. The highest BCUT2D eigenvalue weighted by Gasteiger charge is 2.44. The maximum atomic E-state index is 6.55. The molecule has 0 unspecified atom stereocenters. The topological polar surface area (TPSA) is 9.23 Å². The molecule has 0 aliphatic rings. The summed E-state index contributed by atoms with van der Waals surface area (Å²) in [6.07, 6.45) is 0. The van der Waals surface area contributed by atoms with Crippen LogP contribution in [0.3, 0.4) is 0 Å². The maximum absolute atomic E-state index is 6.55. The minimum Gasteiger partial charge on any atom is -0.459 e. The first kappa shape index (κ1) is 15.4. The molecular formula is C12H30OSi2. The highest BCUT2D eigenvalue weighted by molar-refractivity contribution is 6.81. The Morgan fingerprint density at radius 1 is 0.733 bits per heavy atom. The van der Waals surface area contributed by atoms with Crippen molar-refractivity contribution in [2.45, 2.75) is 77.6 Å². The summed E-state index contributed by atoms with van der Waals surface area (Å²) in [5.74, 6) is 0. The van der Waals surface area contributed by atoms with Crippen LogP contribution >= 0.6 is 0 Å². The highest BCUT2D eigenvalue weighted by Crippen LogP contribution is 2.42. The largest absolute Gasteiger partial charge is 0.459 e. The smallest absolute Gasteiger partial charge is 0.187 e. The Morgan fingerprint density at radius 3 is 1.27 bits per heavy atom. The van der Waals surface area contributed by atoms with Gasteiger partial charge in [-0.05, 0) is 22.2 Å². The fourth-order valence-corrected chi connectivity index (χ4v) is 13.3. The lowest BCUT2D eigenvalue weighted by atomic mass is 10.5. The predicted molar refractivity (Wildman–Crippen MR) is 75.8 cm³/mol. The second kappa shape index (κ2) is 6.21. The molecule has 0 rings (SSSR count). The van der Waals surface area contributed by atoms with Crippen LogP contribution in [0.4, 0.5) is 0 Å². The van der Waals surface area contributed by atoms with Gasteiger partial charge >= 0.3 is 0 Å². The molecule has 0 amide bonds. The van der Waals surface area contributed by atoms with Gasteiger partial charge in [0.1, 0.15) is 9.76 Å². The summed E-state index contributed by atoms with van der Waals surface area (Å²) in [6, 6.07) is 0. The summed E-state index contributed by atoms with van der Waals surface area (Å²) >= 11 is 0. The zero-order valence-electron chi connectivity index (χ0n) is 11.9. The van der Waals surface area contributed by atoms with Crippen LogP contribution in [0.5, 0.6) is 0 Å². The predicted octanol–water partition coefficient (Wildman–Crippen LogP) is 4.09. The fraction of sp³-hybridized carbons (Fsp3) is 1.00. The van der Waals surface area contributed by atoms with Gasteiger partial charge in [-0.25, -0.2) is 0 Å². The number of hydrogen-bond acceptors (Lipinski definition) is 1. The van der Waals surface area contributed by atoms with Crippen molar-refractivity contribution in [3.05, 3.63) is 0 Å². The van der Waals surface area contributed by atoms with Crippen LogP contribution in [-0.2, 0) is 4.12 Å². The Hall–Kier alpha value is 0.394. The average molecular weight is 247 g/mol. The van der Waals surface area contributed by atoms with Crippen LogP contribution < -0.4 is 0 Å². The van der Waals surface area contributed by atoms with E-state index in [-0.39, 0.29) is 9.76 Å². The molecule has 0 bridgehead atoms. The van der Waals surface area contributed by atoms with Gasteiger partial charge in [0.05, 0.1) is 0 Å². The Bertz CT molecular complexity index is 155. The minimum atomic E-state index is -1.53. The van der Waals surface area contributed by atoms with Gasteiger partial charge in [0, 0.05) is 0 Å². The molecule has 0 aromatic heterocycles. The van der Waals surface area contributed by atoms with Crippen LogP contribution in [0.25, 0.3) is 0 Å². The van der Waals surface area contributed by atoms with Gasteiger partial charge in [-0.2, -0.15) is 0 Å². The molecule has 0 aromatic rings. The molecule has 0 saturated carbocycles. The second-order valence-electron chi connectivity index (χ2n) is 6.02. The van der Waals surface area contributed by atoms with Crippen LogP contribution in [0.1, 0.15) is 55.4 Å². The summed E-state index contributed by atoms with van der Waals surface area (Å²) in [4.78, 5) is 0. The molecule has 0 aliphatic heterocycles. The Morgan fingerprint density at radius 2 is 1.07 bits per heavy atom. The van der Waals surface area contributed by atoms with E-state index in [4.69, 9.17) is 4.12 Å². The van der Waals surface area contributed by atoms with Crippen molar-refractivity contribution in [3.8, 4) is 0 Å². The van der Waals surface area contributed by atoms with Gasteiger partial charge in [0.25, 0.3) is 0 Å². The van der Waals surface area contributed by atoms with Crippen molar-refractivity contribution in [1.29, 1.82) is 0 Å². The molecule has 0 heterocycles.